The average Bonchev–Trinajstić information content (AvgIpc) is 2.99. The fourth-order valence-electron chi connectivity index (χ4n) is 3.91. The number of hydrogen-bond acceptors (Lipinski definition) is 6. The number of hydrogen-bond donors (Lipinski definition) is 0. The van der Waals surface area contributed by atoms with Crippen molar-refractivity contribution in [2.24, 2.45) is 5.92 Å². The zero-order chi connectivity index (χ0) is 16.4. The van der Waals surface area contributed by atoms with Gasteiger partial charge in [-0.25, -0.2) is 9.97 Å². The van der Waals surface area contributed by atoms with Crippen molar-refractivity contribution in [3.63, 3.8) is 0 Å². The van der Waals surface area contributed by atoms with E-state index in [0.717, 1.165) is 62.6 Å². The Morgan fingerprint density at radius 2 is 2.08 bits per heavy atom. The van der Waals surface area contributed by atoms with Crippen LogP contribution in [-0.4, -0.2) is 45.2 Å². The lowest BCUT2D eigenvalue weighted by Crippen LogP contribution is -2.44. The monoisotopic (exact) mass is 325 g/mol. The maximum Gasteiger partial charge on any atom is 0.132 e. The van der Waals surface area contributed by atoms with Gasteiger partial charge in [0.05, 0.1) is 17.9 Å². The number of nitrogens with zero attached hydrogens (tertiary/aromatic N) is 5. The van der Waals surface area contributed by atoms with Gasteiger partial charge in [-0.05, 0) is 38.5 Å². The third-order valence-electron chi connectivity index (χ3n) is 5.19. The molecule has 0 amide bonds. The second-order valence-electron chi connectivity index (χ2n) is 6.97. The van der Waals surface area contributed by atoms with E-state index in [-0.39, 0.29) is 5.60 Å². The standard InChI is InChI=1S/C18H23N5O/c1-14-8-17(22-13-21-14)23-6-2-18(3-7-23)10-15(12-24-18)9-16-11-19-4-5-20-16/h4-5,8,11,13,15H,2-3,6-7,9-10,12H2,1H3. The minimum Gasteiger partial charge on any atom is -0.375 e. The van der Waals surface area contributed by atoms with Crippen LogP contribution in [0.15, 0.2) is 31.0 Å². The molecular formula is C18H23N5O. The fraction of sp³-hybridized carbons (Fsp3) is 0.556. The van der Waals surface area contributed by atoms with E-state index in [1.54, 1.807) is 18.7 Å². The van der Waals surface area contributed by atoms with Crippen LogP contribution in [0.3, 0.4) is 0 Å². The van der Waals surface area contributed by atoms with Crippen LogP contribution in [0.4, 0.5) is 5.82 Å². The molecule has 2 aromatic heterocycles. The van der Waals surface area contributed by atoms with Gasteiger partial charge in [-0.2, -0.15) is 0 Å². The van der Waals surface area contributed by atoms with Crippen molar-refractivity contribution in [3.05, 3.63) is 42.4 Å². The first kappa shape index (κ1) is 15.4. The lowest BCUT2D eigenvalue weighted by Gasteiger charge is -2.39. The quantitative estimate of drug-likeness (QED) is 0.862. The molecule has 4 rings (SSSR count). The molecule has 2 aliphatic rings. The van der Waals surface area contributed by atoms with Gasteiger partial charge in [-0.15, -0.1) is 0 Å². The number of ether oxygens (including phenoxy) is 1. The lowest BCUT2D eigenvalue weighted by atomic mass is 9.84. The molecule has 1 atom stereocenters. The van der Waals surface area contributed by atoms with Crippen LogP contribution in [-0.2, 0) is 11.2 Å². The number of rotatable bonds is 3. The van der Waals surface area contributed by atoms with Gasteiger partial charge in [0, 0.05) is 43.4 Å². The molecule has 0 N–H and O–H groups in total. The van der Waals surface area contributed by atoms with Crippen molar-refractivity contribution in [3.8, 4) is 0 Å². The predicted octanol–water partition coefficient (Wildman–Crippen LogP) is 2.19. The first-order valence-corrected chi connectivity index (χ1v) is 8.65. The van der Waals surface area contributed by atoms with Crippen LogP contribution < -0.4 is 4.90 Å². The van der Waals surface area contributed by atoms with Gasteiger partial charge < -0.3 is 9.64 Å². The third kappa shape index (κ3) is 3.24. The Kier molecular flexibility index (Phi) is 4.14. The molecule has 6 heteroatoms. The smallest absolute Gasteiger partial charge is 0.132 e. The maximum atomic E-state index is 6.27. The summed E-state index contributed by atoms with van der Waals surface area (Å²) in [6, 6.07) is 2.06. The van der Waals surface area contributed by atoms with Crippen LogP contribution in [0.5, 0.6) is 0 Å². The first-order chi connectivity index (χ1) is 11.7. The summed E-state index contributed by atoms with van der Waals surface area (Å²) in [6.07, 6.45) is 11.2. The van der Waals surface area contributed by atoms with Gasteiger partial charge in [-0.1, -0.05) is 0 Å². The van der Waals surface area contributed by atoms with Gasteiger partial charge in [0.15, 0.2) is 0 Å². The zero-order valence-electron chi connectivity index (χ0n) is 14.1. The summed E-state index contributed by atoms with van der Waals surface area (Å²) in [5.41, 5.74) is 2.13. The highest BCUT2D eigenvalue weighted by Gasteiger charge is 2.42. The molecule has 24 heavy (non-hydrogen) atoms. The van der Waals surface area contributed by atoms with Crippen LogP contribution in [0.1, 0.15) is 30.7 Å². The number of aromatic nitrogens is 4. The van der Waals surface area contributed by atoms with Crippen molar-refractivity contribution >= 4 is 5.82 Å². The molecule has 4 heterocycles. The number of aryl methyl sites for hydroxylation is 1. The van der Waals surface area contributed by atoms with E-state index < -0.39 is 0 Å². The Morgan fingerprint density at radius 3 is 2.83 bits per heavy atom. The molecule has 0 aliphatic carbocycles. The molecular weight excluding hydrogens is 302 g/mol. The SMILES string of the molecule is Cc1cc(N2CCC3(CC2)CC(Cc2cnccn2)CO3)ncn1. The maximum absolute atomic E-state index is 6.27. The second kappa shape index (κ2) is 6.43. The van der Waals surface area contributed by atoms with Crippen molar-refractivity contribution in [2.75, 3.05) is 24.6 Å². The molecule has 0 saturated carbocycles. The van der Waals surface area contributed by atoms with Gasteiger partial charge in [-0.3, -0.25) is 9.97 Å². The van der Waals surface area contributed by atoms with Crippen molar-refractivity contribution in [1.29, 1.82) is 0 Å². The topological polar surface area (TPSA) is 64.0 Å². The Labute approximate surface area is 142 Å². The fourth-order valence-corrected chi connectivity index (χ4v) is 3.91. The second-order valence-corrected chi connectivity index (χ2v) is 6.97. The predicted molar refractivity (Wildman–Crippen MR) is 90.7 cm³/mol. The van der Waals surface area contributed by atoms with E-state index in [4.69, 9.17) is 4.74 Å². The molecule has 126 valence electrons. The lowest BCUT2D eigenvalue weighted by molar-refractivity contribution is -0.0153. The Bertz CT molecular complexity index is 685. The summed E-state index contributed by atoms with van der Waals surface area (Å²) < 4.78 is 6.27. The summed E-state index contributed by atoms with van der Waals surface area (Å²) in [6.45, 7) is 4.83. The Hall–Kier alpha value is -2.08. The van der Waals surface area contributed by atoms with Gasteiger partial charge in [0.25, 0.3) is 0 Å². The van der Waals surface area contributed by atoms with Crippen molar-refractivity contribution in [2.45, 2.75) is 38.2 Å². The largest absolute Gasteiger partial charge is 0.375 e. The molecule has 0 aromatic carbocycles. The number of piperidine rings is 1. The summed E-state index contributed by atoms with van der Waals surface area (Å²) >= 11 is 0. The van der Waals surface area contributed by atoms with E-state index in [1.807, 2.05) is 13.1 Å². The van der Waals surface area contributed by atoms with E-state index in [9.17, 15) is 0 Å². The normalized spacial score (nSPS) is 22.9. The molecule has 0 radical (unpaired) electrons. The van der Waals surface area contributed by atoms with Crippen molar-refractivity contribution < 1.29 is 4.74 Å². The van der Waals surface area contributed by atoms with Crippen LogP contribution in [0.25, 0.3) is 0 Å². The zero-order valence-corrected chi connectivity index (χ0v) is 14.1. The molecule has 2 aliphatic heterocycles. The summed E-state index contributed by atoms with van der Waals surface area (Å²) in [5.74, 6) is 1.58. The first-order valence-electron chi connectivity index (χ1n) is 8.65. The van der Waals surface area contributed by atoms with Gasteiger partial charge in [0.1, 0.15) is 12.1 Å². The summed E-state index contributed by atoms with van der Waals surface area (Å²) in [7, 11) is 0. The van der Waals surface area contributed by atoms with E-state index in [1.165, 1.54) is 0 Å². The van der Waals surface area contributed by atoms with Crippen LogP contribution >= 0.6 is 0 Å². The van der Waals surface area contributed by atoms with E-state index in [2.05, 4.69) is 30.9 Å². The molecule has 2 aromatic rings. The summed E-state index contributed by atoms with van der Waals surface area (Å²) in [5, 5.41) is 0. The van der Waals surface area contributed by atoms with Crippen molar-refractivity contribution in [1.82, 2.24) is 19.9 Å². The minimum atomic E-state index is 0.0471. The van der Waals surface area contributed by atoms with E-state index in [0.29, 0.717) is 5.92 Å². The molecule has 1 unspecified atom stereocenters. The molecule has 2 fully saturated rings. The number of anilines is 1. The summed E-state index contributed by atoms with van der Waals surface area (Å²) in [4.78, 5) is 19.5. The molecule has 2 saturated heterocycles. The Morgan fingerprint density at radius 1 is 1.21 bits per heavy atom. The van der Waals surface area contributed by atoms with Crippen LogP contribution in [0, 0.1) is 12.8 Å². The highest BCUT2D eigenvalue weighted by molar-refractivity contribution is 5.39. The molecule has 6 nitrogen and oxygen atoms in total. The minimum absolute atomic E-state index is 0.0471. The molecule has 1 spiro atoms. The molecule has 0 bridgehead atoms. The van der Waals surface area contributed by atoms with Crippen LogP contribution in [0.2, 0.25) is 0 Å². The van der Waals surface area contributed by atoms with Gasteiger partial charge in [0.2, 0.25) is 0 Å². The highest BCUT2D eigenvalue weighted by Crippen LogP contribution is 2.40. The third-order valence-corrected chi connectivity index (χ3v) is 5.19. The average molecular weight is 325 g/mol. The Balaban J connectivity index is 1.35. The highest BCUT2D eigenvalue weighted by atomic mass is 16.5. The van der Waals surface area contributed by atoms with E-state index >= 15 is 0 Å². The van der Waals surface area contributed by atoms with Gasteiger partial charge >= 0.3 is 0 Å².